The Kier molecular flexibility index (Phi) is 3.97. The predicted octanol–water partition coefficient (Wildman–Crippen LogP) is 0.740. The standard InChI is InChI=1S/C14H20N4O2S/c15-8-5-9-1-2-10(6-8)18(9)7-12(19)17-14-11(13(16)20)3-4-21-14/h3-4,8-10H,1-2,5-7,15H2,(H2,16,20)(H,17,19). The van der Waals surface area contributed by atoms with E-state index in [9.17, 15) is 9.59 Å². The van der Waals surface area contributed by atoms with Crippen molar-refractivity contribution in [2.75, 3.05) is 11.9 Å². The Morgan fingerprint density at radius 2 is 2.00 bits per heavy atom. The maximum atomic E-state index is 12.2. The largest absolute Gasteiger partial charge is 0.366 e. The summed E-state index contributed by atoms with van der Waals surface area (Å²) < 4.78 is 0. The van der Waals surface area contributed by atoms with Crippen molar-refractivity contribution in [3.8, 4) is 0 Å². The normalized spacial score (nSPS) is 28.5. The molecule has 1 aromatic heterocycles. The molecule has 6 nitrogen and oxygen atoms in total. The molecule has 2 unspecified atom stereocenters. The SMILES string of the molecule is NC(=O)c1ccsc1NC(=O)CN1C2CCC1CC(N)C2. The minimum atomic E-state index is -0.518. The molecular weight excluding hydrogens is 288 g/mol. The molecule has 2 saturated heterocycles. The molecular formula is C14H20N4O2S. The topological polar surface area (TPSA) is 101 Å². The van der Waals surface area contributed by atoms with Crippen molar-refractivity contribution < 1.29 is 9.59 Å². The smallest absolute Gasteiger partial charge is 0.251 e. The number of rotatable bonds is 4. The lowest BCUT2D eigenvalue weighted by Gasteiger charge is -2.37. The molecule has 2 amide bonds. The van der Waals surface area contributed by atoms with Crippen LogP contribution in [0.3, 0.4) is 0 Å². The summed E-state index contributed by atoms with van der Waals surface area (Å²) in [5.41, 5.74) is 11.7. The first-order chi connectivity index (χ1) is 10.0. The van der Waals surface area contributed by atoms with E-state index < -0.39 is 5.91 Å². The van der Waals surface area contributed by atoms with E-state index in [4.69, 9.17) is 11.5 Å². The van der Waals surface area contributed by atoms with Crippen LogP contribution in [0.5, 0.6) is 0 Å². The summed E-state index contributed by atoms with van der Waals surface area (Å²) in [7, 11) is 0. The first kappa shape index (κ1) is 14.5. The zero-order chi connectivity index (χ0) is 15.0. The van der Waals surface area contributed by atoms with Crippen LogP contribution in [0.1, 0.15) is 36.0 Å². The summed E-state index contributed by atoms with van der Waals surface area (Å²) in [6.07, 6.45) is 4.18. The summed E-state index contributed by atoms with van der Waals surface area (Å²) in [4.78, 5) is 25.7. The summed E-state index contributed by atoms with van der Waals surface area (Å²) in [6.45, 7) is 0.359. The van der Waals surface area contributed by atoms with Crippen LogP contribution in [-0.2, 0) is 4.79 Å². The first-order valence-corrected chi connectivity index (χ1v) is 8.11. The van der Waals surface area contributed by atoms with Gasteiger partial charge in [0.2, 0.25) is 5.91 Å². The molecule has 2 aliphatic rings. The van der Waals surface area contributed by atoms with Crippen molar-refractivity contribution in [3.05, 3.63) is 17.0 Å². The molecule has 114 valence electrons. The fourth-order valence-electron chi connectivity index (χ4n) is 3.51. The van der Waals surface area contributed by atoms with Gasteiger partial charge in [-0.25, -0.2) is 0 Å². The van der Waals surface area contributed by atoms with Crippen molar-refractivity contribution in [2.24, 2.45) is 11.5 Å². The molecule has 0 radical (unpaired) electrons. The summed E-state index contributed by atoms with van der Waals surface area (Å²) >= 11 is 1.31. The van der Waals surface area contributed by atoms with Crippen molar-refractivity contribution in [2.45, 2.75) is 43.8 Å². The van der Waals surface area contributed by atoms with Gasteiger partial charge in [-0.05, 0) is 37.1 Å². The molecule has 2 fully saturated rings. The number of piperidine rings is 1. The Bertz CT molecular complexity index is 545. The lowest BCUT2D eigenvalue weighted by molar-refractivity contribution is -0.118. The number of fused-ring (bicyclic) bond motifs is 2. The van der Waals surface area contributed by atoms with E-state index in [0.29, 0.717) is 29.2 Å². The monoisotopic (exact) mass is 308 g/mol. The van der Waals surface area contributed by atoms with Crippen LogP contribution in [0.25, 0.3) is 0 Å². The number of nitrogens with two attached hydrogens (primary N) is 2. The Balaban J connectivity index is 1.62. The quantitative estimate of drug-likeness (QED) is 0.763. The van der Waals surface area contributed by atoms with E-state index in [-0.39, 0.29) is 11.9 Å². The Morgan fingerprint density at radius 1 is 1.33 bits per heavy atom. The molecule has 0 aliphatic carbocycles. The number of carbonyl (C=O) groups excluding carboxylic acids is 2. The molecule has 2 bridgehead atoms. The molecule has 21 heavy (non-hydrogen) atoms. The maximum absolute atomic E-state index is 12.2. The summed E-state index contributed by atoms with van der Waals surface area (Å²) in [5, 5.41) is 5.09. The molecule has 1 aromatic rings. The molecule has 0 saturated carbocycles. The Hall–Kier alpha value is -1.44. The van der Waals surface area contributed by atoms with Crippen LogP contribution < -0.4 is 16.8 Å². The van der Waals surface area contributed by atoms with E-state index >= 15 is 0 Å². The number of hydrogen-bond acceptors (Lipinski definition) is 5. The number of nitrogens with zero attached hydrogens (tertiary/aromatic N) is 1. The third-order valence-electron chi connectivity index (χ3n) is 4.43. The van der Waals surface area contributed by atoms with E-state index in [0.717, 1.165) is 25.7 Å². The zero-order valence-corrected chi connectivity index (χ0v) is 12.6. The van der Waals surface area contributed by atoms with Gasteiger partial charge in [0.05, 0.1) is 12.1 Å². The van der Waals surface area contributed by atoms with Gasteiger partial charge in [-0.1, -0.05) is 0 Å². The van der Waals surface area contributed by atoms with E-state index in [1.807, 2.05) is 0 Å². The number of nitrogens with one attached hydrogen (secondary N) is 1. The van der Waals surface area contributed by atoms with Crippen LogP contribution in [-0.4, -0.2) is 41.4 Å². The van der Waals surface area contributed by atoms with Gasteiger partial charge in [-0.3, -0.25) is 14.5 Å². The number of hydrogen-bond donors (Lipinski definition) is 3. The molecule has 5 N–H and O–H groups in total. The number of primary amides is 1. The molecule has 7 heteroatoms. The van der Waals surface area contributed by atoms with Crippen LogP contribution in [0.4, 0.5) is 5.00 Å². The minimum Gasteiger partial charge on any atom is -0.366 e. The Labute approximate surface area is 127 Å². The van der Waals surface area contributed by atoms with E-state index in [1.165, 1.54) is 11.3 Å². The minimum absolute atomic E-state index is 0.0904. The van der Waals surface area contributed by atoms with Crippen LogP contribution in [0.2, 0.25) is 0 Å². The van der Waals surface area contributed by atoms with Gasteiger partial charge in [0.25, 0.3) is 5.91 Å². The third-order valence-corrected chi connectivity index (χ3v) is 5.26. The van der Waals surface area contributed by atoms with Gasteiger partial charge in [0.1, 0.15) is 5.00 Å². The number of anilines is 1. The van der Waals surface area contributed by atoms with Crippen molar-refractivity contribution in [1.82, 2.24) is 4.90 Å². The van der Waals surface area contributed by atoms with Crippen LogP contribution >= 0.6 is 11.3 Å². The molecule has 3 heterocycles. The second kappa shape index (κ2) is 5.75. The van der Waals surface area contributed by atoms with Gasteiger partial charge < -0.3 is 16.8 Å². The highest BCUT2D eigenvalue weighted by molar-refractivity contribution is 7.14. The highest BCUT2D eigenvalue weighted by Crippen LogP contribution is 2.34. The lowest BCUT2D eigenvalue weighted by Crippen LogP contribution is -2.49. The van der Waals surface area contributed by atoms with E-state index in [2.05, 4.69) is 10.2 Å². The van der Waals surface area contributed by atoms with Gasteiger partial charge in [-0.15, -0.1) is 11.3 Å². The van der Waals surface area contributed by atoms with Gasteiger partial charge in [0, 0.05) is 18.1 Å². The Morgan fingerprint density at radius 3 is 2.62 bits per heavy atom. The lowest BCUT2D eigenvalue weighted by atomic mass is 9.98. The fourth-order valence-corrected chi connectivity index (χ4v) is 4.32. The van der Waals surface area contributed by atoms with Crippen LogP contribution in [0.15, 0.2) is 11.4 Å². The summed E-state index contributed by atoms with van der Waals surface area (Å²) in [6, 6.07) is 2.74. The third kappa shape index (κ3) is 2.95. The number of amides is 2. The first-order valence-electron chi connectivity index (χ1n) is 7.23. The molecule has 3 rings (SSSR count). The second-order valence-corrected chi connectivity index (χ2v) is 6.78. The average molecular weight is 308 g/mol. The number of carbonyl (C=O) groups is 2. The second-order valence-electron chi connectivity index (χ2n) is 5.86. The van der Waals surface area contributed by atoms with Gasteiger partial charge in [0.15, 0.2) is 0 Å². The number of thiophene rings is 1. The highest BCUT2D eigenvalue weighted by Gasteiger charge is 2.40. The van der Waals surface area contributed by atoms with Crippen molar-refractivity contribution in [3.63, 3.8) is 0 Å². The molecule has 0 spiro atoms. The molecule has 0 aromatic carbocycles. The molecule has 2 aliphatic heterocycles. The zero-order valence-electron chi connectivity index (χ0n) is 11.7. The average Bonchev–Trinajstić information content (AvgIpc) is 2.94. The fraction of sp³-hybridized carbons (Fsp3) is 0.571. The summed E-state index contributed by atoms with van der Waals surface area (Å²) in [5.74, 6) is -0.608. The van der Waals surface area contributed by atoms with Crippen molar-refractivity contribution in [1.29, 1.82) is 0 Å². The van der Waals surface area contributed by atoms with Crippen molar-refractivity contribution >= 4 is 28.2 Å². The predicted molar refractivity (Wildman–Crippen MR) is 82.2 cm³/mol. The van der Waals surface area contributed by atoms with Gasteiger partial charge in [-0.2, -0.15) is 0 Å². The molecule has 2 atom stereocenters. The van der Waals surface area contributed by atoms with Crippen LogP contribution in [0, 0.1) is 0 Å². The highest BCUT2D eigenvalue weighted by atomic mass is 32.1. The van der Waals surface area contributed by atoms with E-state index in [1.54, 1.807) is 11.4 Å². The van der Waals surface area contributed by atoms with Gasteiger partial charge >= 0.3 is 0 Å². The maximum Gasteiger partial charge on any atom is 0.251 e.